The average Bonchev–Trinajstić information content (AvgIpc) is 3.04. The molecule has 1 saturated carbocycles. The minimum Gasteiger partial charge on any atom is -0.369 e. The molecule has 2 atom stereocenters. The normalized spacial score (nSPS) is 24.0. The summed E-state index contributed by atoms with van der Waals surface area (Å²) in [6.07, 6.45) is 5.61. The van der Waals surface area contributed by atoms with Crippen LogP contribution in [-0.4, -0.2) is 34.0 Å². The zero-order valence-corrected chi connectivity index (χ0v) is 14.4. The molecule has 0 bridgehead atoms. The zero-order valence-electron chi connectivity index (χ0n) is 14.4. The molecule has 2 fully saturated rings. The average molecular weight is 340 g/mol. The van der Waals surface area contributed by atoms with Crippen molar-refractivity contribution in [3.05, 3.63) is 35.7 Å². The van der Waals surface area contributed by atoms with Crippen molar-refractivity contribution in [2.24, 2.45) is 11.7 Å². The number of aromatic nitrogens is 2. The first kappa shape index (κ1) is 16.3. The van der Waals surface area contributed by atoms with E-state index >= 15 is 0 Å². The molecule has 2 aromatic rings. The van der Waals surface area contributed by atoms with E-state index in [9.17, 15) is 4.79 Å². The Morgan fingerprint density at radius 2 is 2.08 bits per heavy atom. The molecule has 6 heteroatoms. The van der Waals surface area contributed by atoms with Gasteiger partial charge >= 0.3 is 0 Å². The topological polar surface area (TPSA) is 85.3 Å². The molecule has 1 aliphatic heterocycles. The van der Waals surface area contributed by atoms with Gasteiger partial charge in [-0.15, -0.1) is 0 Å². The summed E-state index contributed by atoms with van der Waals surface area (Å²) in [5.41, 5.74) is 7.64. The lowest BCUT2D eigenvalue weighted by molar-refractivity contribution is -0.125. The summed E-state index contributed by atoms with van der Waals surface area (Å²) < 4.78 is 5.41. The molecule has 0 spiro atoms. The molecule has 2 N–H and O–H groups in total. The Labute approximate surface area is 147 Å². The minimum atomic E-state index is -0.278. The quantitative estimate of drug-likeness (QED) is 0.904. The van der Waals surface area contributed by atoms with Crippen LogP contribution in [0.5, 0.6) is 0 Å². The van der Waals surface area contributed by atoms with Gasteiger partial charge in [-0.25, -0.2) is 0 Å². The SMILES string of the molecule is NC(=O)C1CCC1c1nc(-c2cccc(CN3CCCCC3)c2)no1. The lowest BCUT2D eigenvalue weighted by Gasteiger charge is -2.30. The second-order valence-corrected chi connectivity index (χ2v) is 7.19. The molecule has 6 nitrogen and oxygen atoms in total. The molecule has 2 heterocycles. The molecule has 1 amide bonds. The molecule has 1 aromatic carbocycles. The highest BCUT2D eigenvalue weighted by molar-refractivity contribution is 5.78. The highest BCUT2D eigenvalue weighted by Crippen LogP contribution is 2.41. The maximum absolute atomic E-state index is 11.4. The molecular formula is C19H24N4O2. The summed E-state index contributed by atoms with van der Waals surface area (Å²) in [5.74, 6) is 0.658. The van der Waals surface area contributed by atoms with Gasteiger partial charge in [-0.1, -0.05) is 29.8 Å². The summed E-state index contributed by atoms with van der Waals surface area (Å²) >= 11 is 0. The number of piperidine rings is 1. The van der Waals surface area contributed by atoms with Crippen LogP contribution in [0.15, 0.2) is 28.8 Å². The minimum absolute atomic E-state index is 0.0183. The van der Waals surface area contributed by atoms with Crippen molar-refractivity contribution >= 4 is 5.91 Å². The van der Waals surface area contributed by atoms with Gasteiger partial charge in [0.15, 0.2) is 0 Å². The number of amides is 1. The van der Waals surface area contributed by atoms with Gasteiger partial charge in [0.2, 0.25) is 17.6 Å². The first-order chi connectivity index (χ1) is 12.2. The van der Waals surface area contributed by atoms with E-state index in [1.807, 2.05) is 12.1 Å². The van der Waals surface area contributed by atoms with Crippen LogP contribution in [0.2, 0.25) is 0 Å². The maximum atomic E-state index is 11.4. The van der Waals surface area contributed by atoms with Crippen molar-refractivity contribution < 1.29 is 9.32 Å². The van der Waals surface area contributed by atoms with Gasteiger partial charge < -0.3 is 10.3 Å². The second kappa shape index (κ2) is 6.96. The van der Waals surface area contributed by atoms with E-state index in [4.69, 9.17) is 10.3 Å². The third kappa shape index (κ3) is 3.44. The fourth-order valence-corrected chi connectivity index (χ4v) is 3.82. The Kier molecular flexibility index (Phi) is 4.53. The van der Waals surface area contributed by atoms with E-state index in [1.54, 1.807) is 0 Å². The van der Waals surface area contributed by atoms with Crippen molar-refractivity contribution in [1.82, 2.24) is 15.0 Å². The summed E-state index contributed by atoms with van der Waals surface area (Å²) in [7, 11) is 0. The Balaban J connectivity index is 1.48. The van der Waals surface area contributed by atoms with Gasteiger partial charge in [-0.05, 0) is 50.4 Å². The van der Waals surface area contributed by atoms with Gasteiger partial charge in [0, 0.05) is 18.0 Å². The summed E-state index contributed by atoms with van der Waals surface area (Å²) in [4.78, 5) is 18.4. The van der Waals surface area contributed by atoms with Crippen LogP contribution in [0.4, 0.5) is 0 Å². The van der Waals surface area contributed by atoms with Crippen molar-refractivity contribution in [3.63, 3.8) is 0 Å². The molecule has 2 unspecified atom stereocenters. The lowest BCUT2D eigenvalue weighted by atomic mass is 9.73. The smallest absolute Gasteiger partial charge is 0.230 e. The van der Waals surface area contributed by atoms with E-state index in [0.717, 1.165) is 24.9 Å². The van der Waals surface area contributed by atoms with Crippen molar-refractivity contribution in [2.75, 3.05) is 13.1 Å². The number of rotatable bonds is 5. The van der Waals surface area contributed by atoms with E-state index in [2.05, 4.69) is 27.2 Å². The number of nitrogens with zero attached hydrogens (tertiary/aromatic N) is 3. The Hall–Kier alpha value is -2.21. The van der Waals surface area contributed by atoms with Gasteiger partial charge in [0.1, 0.15) is 0 Å². The lowest BCUT2D eigenvalue weighted by Crippen LogP contribution is -2.36. The monoisotopic (exact) mass is 340 g/mol. The number of likely N-dealkylation sites (tertiary alicyclic amines) is 1. The molecule has 25 heavy (non-hydrogen) atoms. The summed E-state index contributed by atoms with van der Waals surface area (Å²) in [5, 5.41) is 4.12. The zero-order chi connectivity index (χ0) is 17.2. The predicted molar refractivity (Wildman–Crippen MR) is 93.5 cm³/mol. The number of nitrogens with two attached hydrogens (primary N) is 1. The third-order valence-corrected chi connectivity index (χ3v) is 5.44. The fraction of sp³-hybridized carbons (Fsp3) is 0.526. The van der Waals surface area contributed by atoms with Crippen LogP contribution in [0.25, 0.3) is 11.4 Å². The molecule has 1 aromatic heterocycles. The highest BCUT2D eigenvalue weighted by atomic mass is 16.5. The Morgan fingerprint density at radius 1 is 1.24 bits per heavy atom. The van der Waals surface area contributed by atoms with Crippen LogP contribution in [0.3, 0.4) is 0 Å². The first-order valence-corrected chi connectivity index (χ1v) is 9.15. The second-order valence-electron chi connectivity index (χ2n) is 7.19. The molecule has 1 saturated heterocycles. The number of carbonyl (C=O) groups is 1. The molecule has 4 rings (SSSR count). The highest BCUT2D eigenvalue weighted by Gasteiger charge is 2.40. The Bertz CT molecular complexity index is 751. The Morgan fingerprint density at radius 3 is 2.80 bits per heavy atom. The van der Waals surface area contributed by atoms with Gasteiger partial charge in [-0.3, -0.25) is 9.69 Å². The molecule has 2 aliphatic rings. The van der Waals surface area contributed by atoms with E-state index in [-0.39, 0.29) is 17.7 Å². The van der Waals surface area contributed by atoms with Gasteiger partial charge in [-0.2, -0.15) is 4.98 Å². The summed E-state index contributed by atoms with van der Waals surface area (Å²) in [6, 6.07) is 8.32. The predicted octanol–water partition coefficient (Wildman–Crippen LogP) is 2.70. The number of primary amides is 1. The summed E-state index contributed by atoms with van der Waals surface area (Å²) in [6.45, 7) is 3.31. The van der Waals surface area contributed by atoms with Crippen LogP contribution < -0.4 is 5.73 Å². The van der Waals surface area contributed by atoms with Crippen LogP contribution in [0, 0.1) is 5.92 Å². The van der Waals surface area contributed by atoms with Crippen molar-refractivity contribution in [3.8, 4) is 11.4 Å². The van der Waals surface area contributed by atoms with E-state index in [1.165, 1.54) is 37.9 Å². The maximum Gasteiger partial charge on any atom is 0.230 e. The van der Waals surface area contributed by atoms with Crippen molar-refractivity contribution in [1.29, 1.82) is 0 Å². The van der Waals surface area contributed by atoms with Crippen LogP contribution in [0.1, 0.15) is 49.5 Å². The number of benzene rings is 1. The van der Waals surface area contributed by atoms with Crippen LogP contribution in [-0.2, 0) is 11.3 Å². The first-order valence-electron chi connectivity index (χ1n) is 9.15. The van der Waals surface area contributed by atoms with E-state index < -0.39 is 0 Å². The third-order valence-electron chi connectivity index (χ3n) is 5.44. The van der Waals surface area contributed by atoms with E-state index in [0.29, 0.717) is 11.7 Å². The molecular weight excluding hydrogens is 316 g/mol. The number of hydrogen-bond acceptors (Lipinski definition) is 5. The molecule has 1 aliphatic carbocycles. The van der Waals surface area contributed by atoms with Gasteiger partial charge in [0.05, 0.1) is 5.92 Å². The number of carbonyl (C=O) groups excluding carboxylic acids is 1. The van der Waals surface area contributed by atoms with Crippen LogP contribution >= 0.6 is 0 Å². The van der Waals surface area contributed by atoms with Crippen molar-refractivity contribution in [2.45, 2.75) is 44.6 Å². The standard InChI is InChI=1S/C19H24N4O2/c20-17(24)15-7-8-16(15)19-21-18(22-25-19)14-6-4-5-13(11-14)12-23-9-2-1-3-10-23/h4-6,11,15-16H,1-3,7-10,12H2,(H2,20,24). The fourth-order valence-electron chi connectivity index (χ4n) is 3.82. The number of hydrogen-bond donors (Lipinski definition) is 1. The molecule has 132 valence electrons. The molecule has 0 radical (unpaired) electrons. The largest absolute Gasteiger partial charge is 0.369 e. The van der Waals surface area contributed by atoms with Gasteiger partial charge in [0.25, 0.3) is 0 Å².